The van der Waals surface area contributed by atoms with Crippen LogP contribution in [0.5, 0.6) is 0 Å². The fraction of sp³-hybridized carbons (Fsp3) is 0. The zero-order valence-corrected chi connectivity index (χ0v) is 18.0. The minimum absolute atomic E-state index is 0.211. The van der Waals surface area contributed by atoms with Gasteiger partial charge in [0.15, 0.2) is 14.7 Å². The van der Waals surface area contributed by atoms with Crippen molar-refractivity contribution in [1.82, 2.24) is 0 Å². The molecule has 0 saturated carbocycles. The summed E-state index contributed by atoms with van der Waals surface area (Å²) < 4.78 is 0. The first kappa shape index (κ1) is 19.4. The lowest BCUT2D eigenvalue weighted by Crippen LogP contribution is -2.07. The second kappa shape index (κ2) is 9.07. The van der Waals surface area contributed by atoms with E-state index >= 15 is 0 Å². The predicted molar refractivity (Wildman–Crippen MR) is 132 cm³/mol. The van der Waals surface area contributed by atoms with Crippen LogP contribution in [0, 0.1) is 0 Å². The van der Waals surface area contributed by atoms with Crippen LogP contribution in [0.25, 0.3) is 22.3 Å². The Labute approximate surface area is 187 Å². The Balaban J connectivity index is 1.82. The third-order valence-corrected chi connectivity index (χ3v) is 7.62. The first-order valence-electron chi connectivity index (χ1n) is 10.5. The lowest BCUT2D eigenvalue weighted by molar-refractivity contribution is 1.32. The molecule has 5 aromatic carbocycles. The lowest BCUT2D eigenvalue weighted by Gasteiger charge is -2.16. The molecule has 0 saturated heterocycles. The maximum atomic E-state index is 2.30. The van der Waals surface area contributed by atoms with Crippen molar-refractivity contribution in [3.63, 3.8) is 0 Å². The lowest BCUT2D eigenvalue weighted by atomic mass is 9.94. The van der Waals surface area contributed by atoms with Gasteiger partial charge in [0.1, 0.15) is 0 Å². The summed E-state index contributed by atoms with van der Waals surface area (Å²) in [5.74, 6) is 0. The zero-order chi connectivity index (χ0) is 20.9. The molecule has 0 fully saturated rings. The smallest absolute Gasteiger partial charge is 0.0622 e. The molecule has 0 atom stereocenters. The van der Waals surface area contributed by atoms with E-state index in [0.29, 0.717) is 0 Å². The van der Waals surface area contributed by atoms with Crippen LogP contribution in [-0.4, -0.2) is 0 Å². The van der Waals surface area contributed by atoms with E-state index in [1.807, 2.05) is 0 Å². The molecular formula is C30H23S+. The van der Waals surface area contributed by atoms with Gasteiger partial charge in [0, 0.05) is 5.56 Å². The minimum atomic E-state index is -0.211. The molecule has 0 N–H and O–H groups in total. The van der Waals surface area contributed by atoms with Crippen LogP contribution in [0.2, 0.25) is 0 Å². The third-order valence-electron chi connectivity index (χ3n) is 5.35. The quantitative estimate of drug-likeness (QED) is 0.254. The first-order valence-corrected chi connectivity index (χ1v) is 11.7. The molecule has 0 spiro atoms. The Morgan fingerprint density at radius 1 is 0.355 bits per heavy atom. The average molecular weight is 416 g/mol. The van der Waals surface area contributed by atoms with E-state index in [-0.39, 0.29) is 10.9 Å². The van der Waals surface area contributed by atoms with Gasteiger partial charge in [0.2, 0.25) is 0 Å². The van der Waals surface area contributed by atoms with Crippen LogP contribution in [0.3, 0.4) is 0 Å². The molecule has 0 amide bonds. The highest BCUT2D eigenvalue weighted by Crippen LogP contribution is 2.42. The van der Waals surface area contributed by atoms with Gasteiger partial charge in [-0.25, -0.2) is 0 Å². The molecule has 0 unspecified atom stereocenters. The highest BCUT2D eigenvalue weighted by molar-refractivity contribution is 7.97. The molecule has 148 valence electrons. The molecule has 0 aliphatic carbocycles. The average Bonchev–Trinajstić information content (AvgIpc) is 2.86. The highest BCUT2D eigenvalue weighted by atomic mass is 32.2. The molecule has 0 heterocycles. The van der Waals surface area contributed by atoms with Gasteiger partial charge in [-0.2, -0.15) is 0 Å². The van der Waals surface area contributed by atoms with Crippen LogP contribution in [0.1, 0.15) is 0 Å². The Morgan fingerprint density at radius 3 is 1.32 bits per heavy atom. The van der Waals surface area contributed by atoms with Crippen LogP contribution >= 0.6 is 0 Å². The molecule has 5 aromatic rings. The second-order valence-electron chi connectivity index (χ2n) is 7.34. The van der Waals surface area contributed by atoms with Crippen molar-refractivity contribution in [2.45, 2.75) is 14.7 Å². The first-order chi connectivity index (χ1) is 15.4. The monoisotopic (exact) mass is 415 g/mol. The predicted octanol–water partition coefficient (Wildman–Crippen LogP) is 8.12. The highest BCUT2D eigenvalue weighted by Gasteiger charge is 2.32. The molecular weight excluding hydrogens is 392 g/mol. The molecule has 0 bridgehead atoms. The summed E-state index contributed by atoms with van der Waals surface area (Å²) in [4.78, 5) is 4.01. The molecule has 31 heavy (non-hydrogen) atoms. The molecule has 1 heteroatoms. The van der Waals surface area contributed by atoms with Crippen LogP contribution < -0.4 is 0 Å². The summed E-state index contributed by atoms with van der Waals surface area (Å²) in [5.41, 5.74) is 5.08. The summed E-state index contributed by atoms with van der Waals surface area (Å²) in [7, 11) is -0.211. The Bertz CT molecular complexity index is 1210. The van der Waals surface area contributed by atoms with Gasteiger partial charge in [-0.15, -0.1) is 0 Å². The maximum absolute atomic E-state index is 2.30. The van der Waals surface area contributed by atoms with E-state index in [1.165, 1.54) is 36.9 Å². The van der Waals surface area contributed by atoms with Crippen molar-refractivity contribution in [2.75, 3.05) is 0 Å². The van der Waals surface area contributed by atoms with E-state index in [0.717, 1.165) is 0 Å². The SMILES string of the molecule is c1ccc(-c2cccc([S+](c3ccccc3)c3ccccc3)c2-c2ccccc2)cc1. The Hall–Kier alpha value is -3.55. The summed E-state index contributed by atoms with van der Waals surface area (Å²) in [5, 5.41) is 0. The fourth-order valence-electron chi connectivity index (χ4n) is 3.97. The zero-order valence-electron chi connectivity index (χ0n) is 17.2. The van der Waals surface area contributed by atoms with E-state index in [9.17, 15) is 0 Å². The molecule has 0 aromatic heterocycles. The summed E-state index contributed by atoms with van der Waals surface area (Å²) in [6.07, 6.45) is 0. The fourth-order valence-corrected chi connectivity index (χ4v) is 6.25. The van der Waals surface area contributed by atoms with Crippen molar-refractivity contribution >= 4 is 10.9 Å². The Morgan fingerprint density at radius 2 is 0.806 bits per heavy atom. The van der Waals surface area contributed by atoms with Crippen LogP contribution in [-0.2, 0) is 10.9 Å². The van der Waals surface area contributed by atoms with Gasteiger partial charge < -0.3 is 0 Å². The van der Waals surface area contributed by atoms with E-state index in [2.05, 4.69) is 140 Å². The summed E-state index contributed by atoms with van der Waals surface area (Å²) >= 11 is 0. The Kier molecular flexibility index (Phi) is 5.68. The van der Waals surface area contributed by atoms with Gasteiger partial charge >= 0.3 is 0 Å². The normalized spacial score (nSPS) is 10.9. The molecule has 0 radical (unpaired) electrons. The standard InChI is InChI=1S/C30H23S/c1-5-14-24(15-6-1)28-22-13-23-29(30(28)25-16-7-2-8-17-25)31(26-18-9-3-10-19-26)27-20-11-4-12-21-27/h1-23H/q+1. The van der Waals surface area contributed by atoms with Gasteiger partial charge in [-0.1, -0.05) is 109 Å². The van der Waals surface area contributed by atoms with Gasteiger partial charge in [-0.05, 0) is 47.0 Å². The maximum Gasteiger partial charge on any atom is 0.174 e. The molecule has 0 aliphatic rings. The second-order valence-corrected chi connectivity index (χ2v) is 9.34. The molecule has 0 aliphatic heterocycles. The molecule has 0 nitrogen and oxygen atoms in total. The van der Waals surface area contributed by atoms with Crippen molar-refractivity contribution < 1.29 is 0 Å². The van der Waals surface area contributed by atoms with Crippen molar-refractivity contribution in [1.29, 1.82) is 0 Å². The third kappa shape index (κ3) is 4.05. The minimum Gasteiger partial charge on any atom is -0.0622 e. The van der Waals surface area contributed by atoms with E-state index in [4.69, 9.17) is 0 Å². The van der Waals surface area contributed by atoms with E-state index in [1.54, 1.807) is 0 Å². The van der Waals surface area contributed by atoms with Crippen molar-refractivity contribution in [3.05, 3.63) is 140 Å². The van der Waals surface area contributed by atoms with Gasteiger partial charge in [0.05, 0.1) is 10.9 Å². The number of hydrogen-bond donors (Lipinski definition) is 0. The number of hydrogen-bond acceptors (Lipinski definition) is 0. The number of benzene rings is 5. The van der Waals surface area contributed by atoms with Gasteiger partial charge in [-0.3, -0.25) is 0 Å². The summed E-state index contributed by atoms with van der Waals surface area (Å²) in [6, 6.07) is 50.0. The number of rotatable bonds is 5. The molecule has 5 rings (SSSR count). The van der Waals surface area contributed by atoms with Crippen LogP contribution in [0.15, 0.2) is 154 Å². The largest absolute Gasteiger partial charge is 0.174 e. The van der Waals surface area contributed by atoms with Crippen molar-refractivity contribution in [3.8, 4) is 22.3 Å². The van der Waals surface area contributed by atoms with Crippen LogP contribution in [0.4, 0.5) is 0 Å². The van der Waals surface area contributed by atoms with Gasteiger partial charge in [0.25, 0.3) is 0 Å². The van der Waals surface area contributed by atoms with E-state index < -0.39 is 0 Å². The van der Waals surface area contributed by atoms with Crippen molar-refractivity contribution in [2.24, 2.45) is 0 Å². The summed E-state index contributed by atoms with van der Waals surface area (Å²) in [6.45, 7) is 0. The topological polar surface area (TPSA) is 0 Å².